The zero-order valence-electron chi connectivity index (χ0n) is 10.9. The third kappa shape index (κ3) is 6.15. The van der Waals surface area contributed by atoms with E-state index in [2.05, 4.69) is 25.6 Å². The average molecular weight is 290 g/mol. The van der Waals surface area contributed by atoms with Gasteiger partial charge in [-0.25, -0.2) is 13.6 Å². The largest absolute Gasteiger partial charge is 0.464 e. The lowest BCUT2D eigenvalue weighted by Gasteiger charge is -2.08. The zero-order valence-corrected chi connectivity index (χ0v) is 11.7. The molecule has 1 rings (SSSR count). The molecule has 1 aromatic rings. The van der Waals surface area contributed by atoms with Gasteiger partial charge in [0, 0.05) is 13.1 Å². The van der Waals surface area contributed by atoms with E-state index in [1.807, 2.05) is 13.8 Å². The lowest BCUT2D eigenvalue weighted by atomic mass is 10.7. The van der Waals surface area contributed by atoms with Gasteiger partial charge in [-0.05, 0) is 13.8 Å². The predicted molar refractivity (Wildman–Crippen MR) is 71.6 cm³/mol. The van der Waals surface area contributed by atoms with E-state index in [0.717, 1.165) is 0 Å². The van der Waals surface area contributed by atoms with Crippen molar-refractivity contribution < 1.29 is 13.2 Å². The first-order valence-electron chi connectivity index (χ1n) is 5.81. The lowest BCUT2D eigenvalue weighted by Crippen LogP contribution is -2.23. The van der Waals surface area contributed by atoms with Crippen molar-refractivity contribution in [2.24, 2.45) is 5.14 Å². The summed E-state index contributed by atoms with van der Waals surface area (Å²) in [6.45, 7) is 4.89. The Morgan fingerprint density at radius 3 is 2.32 bits per heavy atom. The summed E-state index contributed by atoms with van der Waals surface area (Å²) in [6.07, 6.45) is 0. The van der Waals surface area contributed by atoms with E-state index in [1.165, 1.54) is 0 Å². The molecular weight excluding hydrogens is 272 g/mol. The topological polar surface area (TPSA) is 132 Å². The minimum Gasteiger partial charge on any atom is -0.464 e. The van der Waals surface area contributed by atoms with Crippen LogP contribution in [0.2, 0.25) is 0 Å². The van der Waals surface area contributed by atoms with E-state index in [-0.39, 0.29) is 24.3 Å². The standard InChI is InChI=1S/C9H18N6O3S/c1-3-11-7-13-8(12-5-6-19(10,16)17)15-9(14-7)18-4-2/h3-6H2,1-2H3,(H2,10,16,17)(H2,11,12,13,14,15). The highest BCUT2D eigenvalue weighted by Crippen LogP contribution is 2.10. The Balaban J connectivity index is 2.74. The molecule has 0 radical (unpaired) electrons. The molecule has 1 heterocycles. The SMILES string of the molecule is CCNc1nc(NCCS(N)(=O)=O)nc(OCC)n1. The van der Waals surface area contributed by atoms with Crippen LogP contribution >= 0.6 is 0 Å². The fourth-order valence-electron chi connectivity index (χ4n) is 1.17. The van der Waals surface area contributed by atoms with E-state index < -0.39 is 10.0 Å². The quantitative estimate of drug-likeness (QED) is 0.578. The number of nitrogens with one attached hydrogen (secondary N) is 2. The highest BCUT2D eigenvalue weighted by Gasteiger charge is 2.08. The van der Waals surface area contributed by atoms with Gasteiger partial charge in [-0.3, -0.25) is 0 Å². The highest BCUT2D eigenvalue weighted by atomic mass is 32.2. The number of rotatable bonds is 8. The monoisotopic (exact) mass is 290 g/mol. The van der Waals surface area contributed by atoms with Gasteiger partial charge in [0.05, 0.1) is 12.4 Å². The number of hydrogen-bond acceptors (Lipinski definition) is 8. The number of sulfonamides is 1. The molecule has 19 heavy (non-hydrogen) atoms. The number of anilines is 2. The van der Waals surface area contributed by atoms with Crippen molar-refractivity contribution >= 4 is 21.9 Å². The van der Waals surface area contributed by atoms with Crippen LogP contribution < -0.4 is 20.5 Å². The Labute approximate surface area is 112 Å². The third-order valence-electron chi connectivity index (χ3n) is 1.89. The number of primary sulfonamides is 1. The van der Waals surface area contributed by atoms with Gasteiger partial charge in [0.2, 0.25) is 21.9 Å². The number of aromatic nitrogens is 3. The zero-order chi connectivity index (χ0) is 14.3. The van der Waals surface area contributed by atoms with Crippen LogP contribution in [0.25, 0.3) is 0 Å². The van der Waals surface area contributed by atoms with Crippen molar-refractivity contribution in [1.29, 1.82) is 0 Å². The normalized spacial score (nSPS) is 11.1. The van der Waals surface area contributed by atoms with Crippen LogP contribution in [-0.4, -0.2) is 48.8 Å². The molecule has 0 aliphatic carbocycles. The molecule has 0 spiro atoms. The predicted octanol–water partition coefficient (Wildman–Crippen LogP) is -0.597. The second kappa shape index (κ2) is 7.04. The van der Waals surface area contributed by atoms with Crippen molar-refractivity contribution in [1.82, 2.24) is 15.0 Å². The van der Waals surface area contributed by atoms with Gasteiger partial charge in [-0.2, -0.15) is 15.0 Å². The summed E-state index contributed by atoms with van der Waals surface area (Å²) >= 11 is 0. The van der Waals surface area contributed by atoms with E-state index >= 15 is 0 Å². The van der Waals surface area contributed by atoms with Crippen molar-refractivity contribution in [2.45, 2.75) is 13.8 Å². The summed E-state index contributed by atoms with van der Waals surface area (Å²) in [4.78, 5) is 12.1. The van der Waals surface area contributed by atoms with Crippen molar-refractivity contribution in [3.05, 3.63) is 0 Å². The Morgan fingerprint density at radius 1 is 1.16 bits per heavy atom. The molecule has 0 atom stereocenters. The molecule has 0 saturated carbocycles. The Hall–Kier alpha value is -1.68. The second-order valence-electron chi connectivity index (χ2n) is 3.52. The van der Waals surface area contributed by atoms with Crippen LogP contribution in [0, 0.1) is 0 Å². The number of ether oxygens (including phenoxy) is 1. The van der Waals surface area contributed by atoms with Gasteiger partial charge in [0.25, 0.3) is 0 Å². The van der Waals surface area contributed by atoms with Crippen LogP contribution in [0.1, 0.15) is 13.8 Å². The van der Waals surface area contributed by atoms with Gasteiger partial charge < -0.3 is 15.4 Å². The fourth-order valence-corrected chi connectivity index (χ4v) is 1.56. The average Bonchev–Trinajstić information content (AvgIpc) is 2.28. The summed E-state index contributed by atoms with van der Waals surface area (Å²) in [5.41, 5.74) is 0. The molecule has 108 valence electrons. The third-order valence-corrected chi connectivity index (χ3v) is 2.67. The molecule has 0 unspecified atom stereocenters. The van der Waals surface area contributed by atoms with Gasteiger partial charge in [-0.15, -0.1) is 0 Å². The Kier molecular flexibility index (Phi) is 5.70. The summed E-state index contributed by atoms with van der Waals surface area (Å²) < 4.78 is 26.8. The molecule has 0 bridgehead atoms. The van der Waals surface area contributed by atoms with Gasteiger partial charge in [-0.1, -0.05) is 0 Å². The van der Waals surface area contributed by atoms with E-state index in [9.17, 15) is 8.42 Å². The molecule has 0 aromatic carbocycles. The van der Waals surface area contributed by atoms with Crippen molar-refractivity contribution in [3.8, 4) is 6.01 Å². The Morgan fingerprint density at radius 2 is 1.79 bits per heavy atom. The molecule has 10 heteroatoms. The van der Waals surface area contributed by atoms with Crippen LogP contribution in [-0.2, 0) is 10.0 Å². The molecule has 0 saturated heterocycles. The Bertz CT molecular complexity index is 482. The second-order valence-corrected chi connectivity index (χ2v) is 5.26. The van der Waals surface area contributed by atoms with Gasteiger partial charge in [0.15, 0.2) is 0 Å². The summed E-state index contributed by atoms with van der Waals surface area (Å²) in [5, 5.41) is 10.6. The maximum Gasteiger partial charge on any atom is 0.323 e. The first-order chi connectivity index (χ1) is 8.94. The smallest absolute Gasteiger partial charge is 0.323 e. The molecule has 0 aliphatic heterocycles. The lowest BCUT2D eigenvalue weighted by molar-refractivity contribution is 0.312. The number of nitrogens with two attached hydrogens (primary N) is 1. The number of hydrogen-bond donors (Lipinski definition) is 3. The van der Waals surface area contributed by atoms with Crippen molar-refractivity contribution in [3.63, 3.8) is 0 Å². The highest BCUT2D eigenvalue weighted by molar-refractivity contribution is 7.89. The minimum atomic E-state index is -3.52. The number of nitrogens with zero attached hydrogens (tertiary/aromatic N) is 3. The fraction of sp³-hybridized carbons (Fsp3) is 0.667. The van der Waals surface area contributed by atoms with E-state index in [4.69, 9.17) is 9.88 Å². The molecule has 0 aliphatic rings. The maximum atomic E-state index is 10.8. The van der Waals surface area contributed by atoms with E-state index in [0.29, 0.717) is 19.1 Å². The van der Waals surface area contributed by atoms with Gasteiger partial charge >= 0.3 is 6.01 Å². The molecule has 4 N–H and O–H groups in total. The molecular formula is C9H18N6O3S. The van der Waals surface area contributed by atoms with Crippen LogP contribution in [0.5, 0.6) is 6.01 Å². The molecule has 9 nitrogen and oxygen atoms in total. The van der Waals surface area contributed by atoms with Crippen LogP contribution in [0.3, 0.4) is 0 Å². The van der Waals surface area contributed by atoms with Crippen LogP contribution in [0.15, 0.2) is 0 Å². The summed E-state index contributed by atoms with van der Waals surface area (Å²) in [6, 6.07) is 0.173. The van der Waals surface area contributed by atoms with Crippen molar-refractivity contribution in [2.75, 3.05) is 36.1 Å². The van der Waals surface area contributed by atoms with E-state index in [1.54, 1.807) is 0 Å². The molecule has 0 fully saturated rings. The molecule has 1 aromatic heterocycles. The summed E-state index contributed by atoms with van der Waals surface area (Å²) in [7, 11) is -3.52. The maximum absolute atomic E-state index is 10.8. The first kappa shape index (κ1) is 15.4. The minimum absolute atomic E-state index is 0.111. The molecule has 0 amide bonds. The van der Waals surface area contributed by atoms with Crippen LogP contribution in [0.4, 0.5) is 11.9 Å². The summed E-state index contributed by atoms with van der Waals surface area (Å²) in [5.74, 6) is 0.385. The van der Waals surface area contributed by atoms with Gasteiger partial charge in [0.1, 0.15) is 0 Å². The first-order valence-corrected chi connectivity index (χ1v) is 7.53.